The maximum Gasteiger partial charge on any atom is 0.131 e. The van der Waals surface area contributed by atoms with Gasteiger partial charge in [0.1, 0.15) is 17.4 Å². The van der Waals surface area contributed by atoms with Crippen molar-refractivity contribution in [3.63, 3.8) is 0 Å². The summed E-state index contributed by atoms with van der Waals surface area (Å²) in [5.74, 6) is 1.22. The zero-order chi connectivity index (χ0) is 20.2. The first-order valence-electron chi connectivity index (χ1n) is 9.99. The number of halogens is 1. The molecule has 1 saturated heterocycles. The number of para-hydroxylation sites is 2. The fourth-order valence-corrected chi connectivity index (χ4v) is 4.03. The summed E-state index contributed by atoms with van der Waals surface area (Å²) in [6.45, 7) is 3.88. The lowest BCUT2D eigenvalue weighted by Gasteiger charge is -2.41. The molecular formula is C22H27FN4O2. The van der Waals surface area contributed by atoms with E-state index in [1.54, 1.807) is 12.1 Å². The van der Waals surface area contributed by atoms with Crippen LogP contribution in [0, 0.1) is 5.82 Å². The molecule has 2 aromatic carbocycles. The molecule has 1 aliphatic heterocycles. The molecule has 1 aromatic heterocycles. The number of hydrogen-bond acceptors (Lipinski definition) is 5. The summed E-state index contributed by atoms with van der Waals surface area (Å²) in [5.41, 5.74) is 2.67. The van der Waals surface area contributed by atoms with Crippen LogP contribution in [0.2, 0.25) is 0 Å². The molecule has 154 valence electrons. The van der Waals surface area contributed by atoms with Gasteiger partial charge in [-0.25, -0.2) is 9.37 Å². The number of rotatable bonds is 7. The Kier molecular flexibility index (Phi) is 6.08. The monoisotopic (exact) mass is 398 g/mol. The minimum Gasteiger partial charge on any atom is -0.497 e. The number of aromatic nitrogens is 2. The number of aromatic amines is 1. The van der Waals surface area contributed by atoms with Gasteiger partial charge in [-0.2, -0.15) is 0 Å². The Labute approximate surface area is 169 Å². The van der Waals surface area contributed by atoms with E-state index in [1.165, 1.54) is 13.2 Å². The van der Waals surface area contributed by atoms with Gasteiger partial charge >= 0.3 is 0 Å². The van der Waals surface area contributed by atoms with Crippen LogP contribution in [0.3, 0.4) is 0 Å². The smallest absolute Gasteiger partial charge is 0.131 e. The Morgan fingerprint density at radius 3 is 2.83 bits per heavy atom. The van der Waals surface area contributed by atoms with Crippen molar-refractivity contribution in [3.05, 3.63) is 59.7 Å². The van der Waals surface area contributed by atoms with E-state index in [1.807, 2.05) is 24.3 Å². The van der Waals surface area contributed by atoms with Crippen molar-refractivity contribution in [2.45, 2.75) is 25.6 Å². The zero-order valence-electron chi connectivity index (χ0n) is 16.6. The number of benzene rings is 2. The van der Waals surface area contributed by atoms with Crippen molar-refractivity contribution < 1.29 is 14.2 Å². The average Bonchev–Trinajstić information content (AvgIpc) is 3.13. The van der Waals surface area contributed by atoms with Crippen molar-refractivity contribution in [1.82, 2.24) is 19.8 Å². The first-order chi connectivity index (χ1) is 14.2. The maximum atomic E-state index is 14.4. The van der Waals surface area contributed by atoms with Gasteiger partial charge in [-0.3, -0.25) is 9.80 Å². The number of aliphatic hydroxyl groups excluding tert-OH is 1. The number of methoxy groups -OCH3 is 1. The largest absolute Gasteiger partial charge is 0.497 e. The molecule has 6 nitrogen and oxygen atoms in total. The summed E-state index contributed by atoms with van der Waals surface area (Å²) in [7, 11) is 1.53. The number of piperazine rings is 1. The number of fused-ring (bicyclic) bond motifs is 1. The van der Waals surface area contributed by atoms with Gasteiger partial charge in [0.05, 0.1) is 24.7 Å². The summed E-state index contributed by atoms with van der Waals surface area (Å²) in [4.78, 5) is 12.7. The van der Waals surface area contributed by atoms with Crippen LogP contribution < -0.4 is 4.74 Å². The Bertz CT molecular complexity index is 928. The van der Waals surface area contributed by atoms with Gasteiger partial charge in [0.25, 0.3) is 0 Å². The van der Waals surface area contributed by atoms with Crippen LogP contribution >= 0.6 is 0 Å². The molecular weight excluding hydrogens is 371 g/mol. The molecule has 2 heterocycles. The summed E-state index contributed by atoms with van der Waals surface area (Å²) >= 11 is 0. The molecule has 0 saturated carbocycles. The predicted molar refractivity (Wildman–Crippen MR) is 110 cm³/mol. The molecule has 1 atom stereocenters. The van der Waals surface area contributed by atoms with Crippen molar-refractivity contribution in [1.29, 1.82) is 0 Å². The molecule has 7 heteroatoms. The highest BCUT2D eigenvalue weighted by atomic mass is 19.1. The van der Waals surface area contributed by atoms with E-state index in [4.69, 9.17) is 4.74 Å². The third kappa shape index (κ3) is 4.58. The van der Waals surface area contributed by atoms with E-state index in [0.717, 1.165) is 43.0 Å². The molecule has 0 radical (unpaired) electrons. The third-order valence-corrected chi connectivity index (χ3v) is 5.60. The van der Waals surface area contributed by atoms with Gasteiger partial charge in [0.2, 0.25) is 0 Å². The topological polar surface area (TPSA) is 64.6 Å². The normalized spacial score (nSPS) is 18.4. The molecule has 3 aromatic rings. The van der Waals surface area contributed by atoms with Gasteiger partial charge < -0.3 is 14.8 Å². The number of imidazole rings is 1. The second-order valence-electron chi connectivity index (χ2n) is 7.53. The number of hydrogen-bond donors (Lipinski definition) is 2. The third-order valence-electron chi connectivity index (χ3n) is 5.60. The Balaban J connectivity index is 1.42. The quantitative estimate of drug-likeness (QED) is 0.641. The number of aliphatic hydroxyl groups is 1. The number of ether oxygens (including phenoxy) is 1. The van der Waals surface area contributed by atoms with E-state index in [2.05, 4.69) is 19.8 Å². The summed E-state index contributed by atoms with van der Waals surface area (Å²) < 4.78 is 19.5. The fraction of sp³-hybridized carbons (Fsp3) is 0.409. The highest BCUT2D eigenvalue weighted by molar-refractivity contribution is 5.74. The lowest BCUT2D eigenvalue weighted by Crippen LogP contribution is -2.52. The van der Waals surface area contributed by atoms with Crippen LogP contribution in [0.4, 0.5) is 4.39 Å². The van der Waals surface area contributed by atoms with Crippen molar-refractivity contribution in [2.75, 3.05) is 33.4 Å². The maximum absolute atomic E-state index is 14.4. The van der Waals surface area contributed by atoms with E-state index in [0.29, 0.717) is 24.3 Å². The molecule has 4 rings (SSSR count). The standard InChI is InChI=1S/C22H27FN4O2/c1-29-18-7-6-16(19(23)12-18)13-27-10-9-26(14-17(27)8-11-28)15-22-24-20-4-2-3-5-21(20)25-22/h2-7,12,17,28H,8-11,13-15H2,1H3,(H,24,25). The van der Waals surface area contributed by atoms with Gasteiger partial charge in [-0.05, 0) is 24.6 Å². The Hall–Kier alpha value is -2.48. The fourth-order valence-electron chi connectivity index (χ4n) is 4.03. The minimum atomic E-state index is -0.253. The summed E-state index contributed by atoms with van der Waals surface area (Å²) in [6.07, 6.45) is 0.661. The molecule has 2 N–H and O–H groups in total. The highest BCUT2D eigenvalue weighted by Gasteiger charge is 2.27. The first kappa shape index (κ1) is 19.8. The zero-order valence-corrected chi connectivity index (χ0v) is 16.6. The van der Waals surface area contributed by atoms with Crippen LogP contribution in [0.25, 0.3) is 11.0 Å². The molecule has 1 unspecified atom stereocenters. The lowest BCUT2D eigenvalue weighted by molar-refractivity contribution is 0.0482. The van der Waals surface area contributed by atoms with Crippen LogP contribution in [0.1, 0.15) is 17.8 Å². The molecule has 1 fully saturated rings. The van der Waals surface area contributed by atoms with Crippen LogP contribution in [-0.4, -0.2) is 64.3 Å². The Morgan fingerprint density at radius 1 is 1.21 bits per heavy atom. The highest BCUT2D eigenvalue weighted by Crippen LogP contribution is 2.22. The second-order valence-corrected chi connectivity index (χ2v) is 7.53. The van der Waals surface area contributed by atoms with Crippen LogP contribution in [0.15, 0.2) is 42.5 Å². The van der Waals surface area contributed by atoms with Crippen molar-refractivity contribution >= 4 is 11.0 Å². The number of nitrogens with one attached hydrogen (secondary N) is 1. The number of H-pyrrole nitrogens is 1. The molecule has 0 bridgehead atoms. The van der Waals surface area contributed by atoms with Crippen LogP contribution in [0.5, 0.6) is 5.75 Å². The van der Waals surface area contributed by atoms with E-state index in [-0.39, 0.29) is 18.5 Å². The van der Waals surface area contributed by atoms with Gasteiger partial charge in [0.15, 0.2) is 0 Å². The first-order valence-corrected chi connectivity index (χ1v) is 9.99. The molecule has 1 aliphatic rings. The van der Waals surface area contributed by atoms with E-state index < -0.39 is 0 Å². The molecule has 0 aliphatic carbocycles. The lowest BCUT2D eigenvalue weighted by atomic mass is 10.1. The predicted octanol–water partition coefficient (Wildman–Crippen LogP) is 2.78. The summed E-state index contributed by atoms with van der Waals surface area (Å²) in [6, 6.07) is 13.2. The van der Waals surface area contributed by atoms with Gasteiger partial charge in [-0.1, -0.05) is 18.2 Å². The van der Waals surface area contributed by atoms with Gasteiger partial charge in [-0.15, -0.1) is 0 Å². The number of nitrogens with zero attached hydrogens (tertiary/aromatic N) is 3. The van der Waals surface area contributed by atoms with Gasteiger partial charge in [0, 0.05) is 50.5 Å². The van der Waals surface area contributed by atoms with Crippen LogP contribution in [-0.2, 0) is 13.1 Å². The Morgan fingerprint density at radius 2 is 2.07 bits per heavy atom. The van der Waals surface area contributed by atoms with E-state index >= 15 is 0 Å². The molecule has 0 spiro atoms. The molecule has 0 amide bonds. The second kappa shape index (κ2) is 8.90. The molecule has 29 heavy (non-hydrogen) atoms. The van der Waals surface area contributed by atoms with Crippen molar-refractivity contribution in [3.8, 4) is 5.75 Å². The minimum absolute atomic E-state index is 0.116. The van der Waals surface area contributed by atoms with E-state index in [9.17, 15) is 9.50 Å². The SMILES string of the molecule is COc1ccc(CN2CCN(Cc3nc4ccccc4[nH]3)CC2CCO)c(F)c1. The van der Waals surface area contributed by atoms with Crippen molar-refractivity contribution in [2.24, 2.45) is 0 Å². The average molecular weight is 398 g/mol. The summed E-state index contributed by atoms with van der Waals surface area (Å²) in [5, 5.41) is 9.54.